The minimum atomic E-state index is -4.00. The van der Waals surface area contributed by atoms with E-state index < -0.39 is 28.3 Å². The number of alkyl halides is 2. The van der Waals surface area contributed by atoms with Gasteiger partial charge in [0.15, 0.2) is 11.5 Å². The number of hydrogen-bond donors (Lipinski definition) is 2. The predicted molar refractivity (Wildman–Crippen MR) is 121 cm³/mol. The van der Waals surface area contributed by atoms with Crippen molar-refractivity contribution in [3.8, 4) is 11.5 Å². The van der Waals surface area contributed by atoms with E-state index in [2.05, 4.69) is 14.8 Å². The molecule has 0 bridgehead atoms. The highest BCUT2D eigenvalue weighted by Crippen LogP contribution is 2.33. The molecule has 0 aromatic heterocycles. The lowest BCUT2D eigenvalue weighted by molar-refractivity contribution is -0.0515. The van der Waals surface area contributed by atoms with Crippen LogP contribution in [-0.4, -0.2) is 28.0 Å². The van der Waals surface area contributed by atoms with Crippen LogP contribution in [0.3, 0.4) is 0 Å². The molecule has 0 atom stereocenters. The Morgan fingerprint density at radius 3 is 2.33 bits per heavy atom. The second kappa shape index (κ2) is 10.1. The van der Waals surface area contributed by atoms with E-state index in [1.165, 1.54) is 67.8 Å². The number of benzene rings is 3. The second-order valence-corrected chi connectivity index (χ2v) is 8.85. The highest BCUT2D eigenvalue weighted by Gasteiger charge is 2.22. The van der Waals surface area contributed by atoms with Gasteiger partial charge in [0.05, 0.1) is 17.6 Å². The van der Waals surface area contributed by atoms with Crippen LogP contribution in [0.5, 0.6) is 11.5 Å². The minimum absolute atomic E-state index is 0.0534. The van der Waals surface area contributed by atoms with Crippen LogP contribution in [0.4, 0.5) is 20.2 Å². The maximum atomic E-state index is 12.9. The van der Waals surface area contributed by atoms with Gasteiger partial charge in [-0.2, -0.15) is 8.78 Å². The summed E-state index contributed by atoms with van der Waals surface area (Å²) in [5.41, 5.74) is 0.655. The molecule has 0 radical (unpaired) electrons. The number of methoxy groups -OCH3 is 1. The van der Waals surface area contributed by atoms with Crippen LogP contribution in [0, 0.1) is 6.92 Å². The van der Waals surface area contributed by atoms with E-state index in [1.54, 1.807) is 6.92 Å². The number of carbonyl (C=O) groups is 1. The van der Waals surface area contributed by atoms with E-state index in [0.717, 1.165) is 0 Å². The molecular weight excluding hydrogens is 478 g/mol. The van der Waals surface area contributed by atoms with Gasteiger partial charge in [-0.3, -0.25) is 9.52 Å². The van der Waals surface area contributed by atoms with Gasteiger partial charge in [-0.15, -0.1) is 0 Å². The average Bonchev–Trinajstić information content (AvgIpc) is 2.76. The van der Waals surface area contributed by atoms with E-state index >= 15 is 0 Å². The number of sulfonamides is 1. The Balaban J connectivity index is 1.90. The summed E-state index contributed by atoms with van der Waals surface area (Å²) in [6.07, 6.45) is 0. The predicted octanol–water partition coefficient (Wildman–Crippen LogP) is 5.31. The van der Waals surface area contributed by atoms with Gasteiger partial charge in [-0.25, -0.2) is 8.42 Å². The number of para-hydroxylation sites is 1. The lowest BCUT2D eigenvalue weighted by Crippen LogP contribution is -2.17. The number of ether oxygens (including phenoxy) is 2. The van der Waals surface area contributed by atoms with Crippen molar-refractivity contribution in [2.24, 2.45) is 0 Å². The largest absolute Gasteiger partial charge is 0.493 e. The monoisotopic (exact) mass is 496 g/mol. The fourth-order valence-electron chi connectivity index (χ4n) is 2.96. The van der Waals surface area contributed by atoms with Gasteiger partial charge in [-0.1, -0.05) is 23.7 Å². The Labute approximate surface area is 194 Å². The quantitative estimate of drug-likeness (QED) is 0.440. The zero-order valence-electron chi connectivity index (χ0n) is 17.4. The van der Waals surface area contributed by atoms with Gasteiger partial charge in [0.25, 0.3) is 15.9 Å². The van der Waals surface area contributed by atoms with Crippen molar-refractivity contribution in [1.82, 2.24) is 0 Å². The number of amides is 1. The van der Waals surface area contributed by atoms with Gasteiger partial charge >= 0.3 is 6.61 Å². The van der Waals surface area contributed by atoms with Crippen LogP contribution in [0.1, 0.15) is 15.9 Å². The Morgan fingerprint density at radius 2 is 1.70 bits per heavy atom. The van der Waals surface area contributed by atoms with Crippen molar-refractivity contribution in [2.45, 2.75) is 18.4 Å². The molecule has 0 heterocycles. The van der Waals surface area contributed by atoms with Crippen molar-refractivity contribution in [3.63, 3.8) is 0 Å². The Bertz CT molecular complexity index is 1270. The number of nitrogens with one attached hydrogen (secondary N) is 2. The molecule has 0 aliphatic rings. The van der Waals surface area contributed by atoms with E-state index in [0.29, 0.717) is 16.3 Å². The average molecular weight is 497 g/mol. The van der Waals surface area contributed by atoms with Crippen LogP contribution in [0.25, 0.3) is 0 Å². The van der Waals surface area contributed by atoms with Crippen LogP contribution < -0.4 is 19.5 Å². The second-order valence-electron chi connectivity index (χ2n) is 6.76. The van der Waals surface area contributed by atoms with Crippen LogP contribution >= 0.6 is 11.6 Å². The number of anilines is 2. The minimum Gasteiger partial charge on any atom is -0.493 e. The van der Waals surface area contributed by atoms with Gasteiger partial charge in [0.1, 0.15) is 0 Å². The van der Waals surface area contributed by atoms with Crippen molar-refractivity contribution < 1.29 is 31.5 Å². The molecule has 174 valence electrons. The van der Waals surface area contributed by atoms with E-state index in [-0.39, 0.29) is 21.9 Å². The fraction of sp³-hybridized carbons (Fsp3) is 0.136. The lowest BCUT2D eigenvalue weighted by Gasteiger charge is -2.15. The molecule has 0 aliphatic carbocycles. The molecule has 7 nitrogen and oxygen atoms in total. The third-order valence-electron chi connectivity index (χ3n) is 4.48. The fourth-order valence-corrected chi connectivity index (χ4v) is 4.42. The number of hydrogen-bond acceptors (Lipinski definition) is 5. The number of halogens is 3. The van der Waals surface area contributed by atoms with Crippen LogP contribution in [0.15, 0.2) is 65.6 Å². The number of rotatable bonds is 8. The first-order valence-electron chi connectivity index (χ1n) is 9.43. The summed E-state index contributed by atoms with van der Waals surface area (Å²) in [6.45, 7) is -1.58. The Hall–Kier alpha value is -3.37. The number of aryl methyl sites for hydroxylation is 1. The molecule has 0 aliphatic heterocycles. The lowest BCUT2D eigenvalue weighted by atomic mass is 10.1. The van der Waals surface area contributed by atoms with Gasteiger partial charge in [-0.05, 0) is 61.0 Å². The van der Waals surface area contributed by atoms with Crippen molar-refractivity contribution in [1.29, 1.82) is 0 Å². The molecule has 0 saturated heterocycles. The van der Waals surface area contributed by atoms with E-state index in [4.69, 9.17) is 16.3 Å². The summed E-state index contributed by atoms with van der Waals surface area (Å²) in [6, 6.07) is 14.4. The summed E-state index contributed by atoms with van der Waals surface area (Å²) in [4.78, 5) is 12.7. The topological polar surface area (TPSA) is 93.7 Å². The van der Waals surface area contributed by atoms with Crippen molar-refractivity contribution >= 4 is 38.9 Å². The molecule has 33 heavy (non-hydrogen) atoms. The standard InChI is InChI=1S/C22H19ClF2N2O5S/c1-13-6-9-16(12-19(13)33(29,30)27-15-10-7-14(23)8-11-15)26-21(28)17-4-3-5-18(31-2)20(17)32-22(24)25/h3-12,22,27H,1-2H3,(H,26,28). The van der Waals surface area contributed by atoms with Crippen molar-refractivity contribution in [2.75, 3.05) is 17.1 Å². The first-order chi connectivity index (χ1) is 15.6. The first-order valence-corrected chi connectivity index (χ1v) is 11.3. The molecule has 1 amide bonds. The molecule has 11 heteroatoms. The molecule has 0 spiro atoms. The van der Waals surface area contributed by atoms with Crippen molar-refractivity contribution in [3.05, 3.63) is 76.8 Å². The molecule has 3 aromatic rings. The van der Waals surface area contributed by atoms with Gasteiger partial charge in [0.2, 0.25) is 0 Å². The normalized spacial score (nSPS) is 11.2. The van der Waals surface area contributed by atoms with Crippen LogP contribution in [0.2, 0.25) is 5.02 Å². The maximum Gasteiger partial charge on any atom is 0.387 e. The van der Waals surface area contributed by atoms with E-state index in [9.17, 15) is 22.0 Å². The summed E-state index contributed by atoms with van der Waals surface area (Å²) in [5.74, 6) is -1.28. The third kappa shape index (κ3) is 5.91. The highest BCUT2D eigenvalue weighted by molar-refractivity contribution is 7.92. The smallest absolute Gasteiger partial charge is 0.387 e. The molecular formula is C22H19ClF2N2O5S. The zero-order valence-corrected chi connectivity index (χ0v) is 19.0. The molecule has 3 rings (SSSR count). The maximum absolute atomic E-state index is 12.9. The molecule has 2 N–H and O–H groups in total. The molecule has 0 saturated carbocycles. The Morgan fingerprint density at radius 1 is 1.03 bits per heavy atom. The molecule has 0 unspecified atom stereocenters. The number of carbonyl (C=O) groups excluding carboxylic acids is 1. The molecule has 3 aromatic carbocycles. The SMILES string of the molecule is COc1cccc(C(=O)Nc2ccc(C)c(S(=O)(=O)Nc3ccc(Cl)cc3)c2)c1OC(F)F. The van der Waals surface area contributed by atoms with Crippen LogP contribution in [-0.2, 0) is 10.0 Å². The third-order valence-corrected chi connectivity index (χ3v) is 6.26. The Kier molecular flexibility index (Phi) is 7.39. The van der Waals surface area contributed by atoms with E-state index in [1.807, 2.05) is 0 Å². The summed E-state index contributed by atoms with van der Waals surface area (Å²) < 4.78 is 63.4. The first kappa shape index (κ1) is 24.3. The summed E-state index contributed by atoms with van der Waals surface area (Å²) >= 11 is 5.83. The summed E-state index contributed by atoms with van der Waals surface area (Å²) in [5, 5.41) is 2.96. The van der Waals surface area contributed by atoms with Gasteiger partial charge in [0, 0.05) is 16.4 Å². The summed E-state index contributed by atoms with van der Waals surface area (Å²) in [7, 11) is -2.75. The zero-order chi connectivity index (χ0) is 24.2. The van der Waals surface area contributed by atoms with Gasteiger partial charge < -0.3 is 14.8 Å². The highest BCUT2D eigenvalue weighted by atomic mass is 35.5. The molecule has 0 fully saturated rings.